The number of ether oxygens (including phenoxy) is 1. The zero-order chi connectivity index (χ0) is 18.5. The third-order valence-electron chi connectivity index (χ3n) is 4.05. The summed E-state index contributed by atoms with van der Waals surface area (Å²) in [6, 6.07) is 12.9. The largest absolute Gasteiger partial charge is 0.490 e. The Morgan fingerprint density at radius 2 is 1.92 bits per heavy atom. The van der Waals surface area contributed by atoms with Crippen LogP contribution in [0.2, 0.25) is 5.02 Å². The first kappa shape index (κ1) is 18.9. The van der Waals surface area contributed by atoms with Crippen molar-refractivity contribution in [1.29, 1.82) is 0 Å². The van der Waals surface area contributed by atoms with Gasteiger partial charge in [-0.05, 0) is 44.2 Å². The van der Waals surface area contributed by atoms with Crippen LogP contribution < -0.4 is 15.0 Å². The maximum absolute atomic E-state index is 12.7. The minimum Gasteiger partial charge on any atom is -0.490 e. The molecular weight excluding hydrogens is 368 g/mol. The predicted octanol–water partition coefficient (Wildman–Crippen LogP) is 4.93. The zero-order valence-corrected chi connectivity index (χ0v) is 16.6. The van der Waals surface area contributed by atoms with E-state index in [1.807, 2.05) is 55.9 Å². The molecule has 0 aliphatic carbocycles. The van der Waals surface area contributed by atoms with E-state index in [-0.39, 0.29) is 12.0 Å². The van der Waals surface area contributed by atoms with E-state index >= 15 is 0 Å². The monoisotopic (exact) mass is 390 g/mol. The highest BCUT2D eigenvalue weighted by Gasteiger charge is 2.16. The van der Waals surface area contributed by atoms with Gasteiger partial charge < -0.3 is 15.0 Å². The van der Waals surface area contributed by atoms with Gasteiger partial charge >= 0.3 is 0 Å². The van der Waals surface area contributed by atoms with E-state index in [0.717, 1.165) is 30.3 Å². The lowest BCUT2D eigenvalue weighted by Crippen LogP contribution is -2.32. The highest BCUT2D eigenvalue weighted by Crippen LogP contribution is 2.31. The Morgan fingerprint density at radius 3 is 2.62 bits per heavy atom. The first-order chi connectivity index (χ1) is 12.5. The smallest absolute Gasteiger partial charge is 0.259 e. The van der Waals surface area contributed by atoms with E-state index in [9.17, 15) is 4.79 Å². The van der Waals surface area contributed by atoms with Crippen LogP contribution in [0.15, 0.2) is 42.5 Å². The molecule has 0 saturated carbocycles. The summed E-state index contributed by atoms with van der Waals surface area (Å²) in [5, 5.41) is 3.57. The number of rotatable bonds is 5. The Bertz CT molecular complexity index is 776. The molecule has 0 atom stereocenters. The average Bonchev–Trinajstić information content (AvgIpc) is 2.62. The molecular formula is C20H23ClN2O2S. The fourth-order valence-corrected chi connectivity index (χ4v) is 4.06. The van der Waals surface area contributed by atoms with Gasteiger partial charge in [-0.25, -0.2) is 0 Å². The summed E-state index contributed by atoms with van der Waals surface area (Å²) in [5.41, 5.74) is 2.21. The Hall–Kier alpha value is -1.85. The van der Waals surface area contributed by atoms with Gasteiger partial charge in [-0.3, -0.25) is 4.79 Å². The Kier molecular flexibility index (Phi) is 6.33. The van der Waals surface area contributed by atoms with Crippen LogP contribution >= 0.6 is 23.4 Å². The minimum absolute atomic E-state index is 0.000356. The van der Waals surface area contributed by atoms with Gasteiger partial charge in [-0.1, -0.05) is 23.7 Å². The van der Waals surface area contributed by atoms with Crippen molar-refractivity contribution in [2.45, 2.75) is 20.0 Å². The SMILES string of the molecule is CC(C)Oc1ccccc1C(=O)Nc1ccc(N2CCSCC2)c(Cl)c1. The van der Waals surface area contributed by atoms with E-state index in [1.54, 1.807) is 12.1 Å². The molecule has 0 radical (unpaired) electrons. The number of halogens is 1. The van der Waals surface area contributed by atoms with E-state index in [0.29, 0.717) is 22.0 Å². The number of para-hydroxylation sites is 1. The number of hydrogen-bond acceptors (Lipinski definition) is 4. The number of thioether (sulfide) groups is 1. The van der Waals surface area contributed by atoms with Crippen LogP contribution in [0, 0.1) is 0 Å². The van der Waals surface area contributed by atoms with Gasteiger partial charge in [0.25, 0.3) is 5.91 Å². The molecule has 1 aliphatic rings. The molecule has 138 valence electrons. The standard InChI is InChI=1S/C20H23ClN2O2S/c1-14(2)25-19-6-4-3-5-16(19)20(24)22-15-7-8-18(17(21)13-15)23-9-11-26-12-10-23/h3-8,13-14H,9-12H2,1-2H3,(H,22,24). The molecule has 1 aliphatic heterocycles. The lowest BCUT2D eigenvalue weighted by molar-refractivity contribution is 0.102. The number of carbonyl (C=O) groups is 1. The molecule has 26 heavy (non-hydrogen) atoms. The van der Waals surface area contributed by atoms with Crippen molar-refractivity contribution in [3.8, 4) is 5.75 Å². The molecule has 1 N–H and O–H groups in total. The van der Waals surface area contributed by atoms with Crippen molar-refractivity contribution < 1.29 is 9.53 Å². The maximum Gasteiger partial charge on any atom is 0.259 e. The Morgan fingerprint density at radius 1 is 1.19 bits per heavy atom. The quantitative estimate of drug-likeness (QED) is 0.785. The molecule has 6 heteroatoms. The molecule has 0 unspecified atom stereocenters. The van der Waals surface area contributed by atoms with Gasteiger partial charge in [-0.15, -0.1) is 0 Å². The molecule has 2 aromatic rings. The van der Waals surface area contributed by atoms with Crippen molar-refractivity contribution in [3.63, 3.8) is 0 Å². The summed E-state index contributed by atoms with van der Waals surface area (Å²) in [4.78, 5) is 15.0. The third kappa shape index (κ3) is 4.65. The topological polar surface area (TPSA) is 41.6 Å². The van der Waals surface area contributed by atoms with Crippen molar-refractivity contribution in [2.75, 3.05) is 34.8 Å². The van der Waals surface area contributed by atoms with Crippen LogP contribution in [0.3, 0.4) is 0 Å². The fraction of sp³-hybridized carbons (Fsp3) is 0.350. The number of carbonyl (C=O) groups excluding carboxylic acids is 1. The average molecular weight is 391 g/mol. The van der Waals surface area contributed by atoms with Gasteiger partial charge in [0, 0.05) is 30.3 Å². The molecule has 2 aromatic carbocycles. The number of nitrogens with one attached hydrogen (secondary N) is 1. The van der Waals surface area contributed by atoms with Crippen LogP contribution in [-0.2, 0) is 0 Å². The summed E-state index contributed by atoms with van der Waals surface area (Å²) >= 11 is 8.43. The summed E-state index contributed by atoms with van der Waals surface area (Å²) in [5.74, 6) is 2.59. The summed E-state index contributed by atoms with van der Waals surface area (Å²) in [6.07, 6.45) is 0.000356. The van der Waals surface area contributed by atoms with Gasteiger partial charge in [0.05, 0.1) is 22.4 Å². The molecule has 1 saturated heterocycles. The summed E-state index contributed by atoms with van der Waals surface area (Å²) in [7, 11) is 0. The second-order valence-corrected chi connectivity index (χ2v) is 8.01. The molecule has 4 nitrogen and oxygen atoms in total. The van der Waals surface area contributed by atoms with Gasteiger partial charge in [0.2, 0.25) is 0 Å². The fourth-order valence-electron chi connectivity index (χ4n) is 2.85. The number of hydrogen-bond donors (Lipinski definition) is 1. The molecule has 0 bridgehead atoms. The van der Waals surface area contributed by atoms with Gasteiger partial charge in [0.15, 0.2) is 0 Å². The Balaban J connectivity index is 1.75. The third-order valence-corrected chi connectivity index (χ3v) is 5.30. The maximum atomic E-state index is 12.7. The van der Waals surface area contributed by atoms with Crippen molar-refractivity contribution in [1.82, 2.24) is 0 Å². The second-order valence-electron chi connectivity index (χ2n) is 6.38. The molecule has 0 aromatic heterocycles. The van der Waals surface area contributed by atoms with E-state index in [2.05, 4.69) is 10.2 Å². The molecule has 1 fully saturated rings. The predicted molar refractivity (Wildman–Crippen MR) is 111 cm³/mol. The van der Waals surface area contributed by atoms with Crippen molar-refractivity contribution in [2.24, 2.45) is 0 Å². The number of benzene rings is 2. The molecule has 3 rings (SSSR count). The van der Waals surface area contributed by atoms with Gasteiger partial charge in [-0.2, -0.15) is 11.8 Å². The van der Waals surface area contributed by atoms with Gasteiger partial charge in [0.1, 0.15) is 5.75 Å². The van der Waals surface area contributed by atoms with Crippen LogP contribution in [0.5, 0.6) is 5.75 Å². The van der Waals surface area contributed by atoms with E-state index in [4.69, 9.17) is 16.3 Å². The van der Waals surface area contributed by atoms with E-state index in [1.165, 1.54) is 0 Å². The van der Waals surface area contributed by atoms with Crippen LogP contribution in [-0.4, -0.2) is 36.6 Å². The zero-order valence-electron chi connectivity index (χ0n) is 15.0. The first-order valence-corrected chi connectivity index (χ1v) is 10.3. The number of anilines is 2. The summed E-state index contributed by atoms with van der Waals surface area (Å²) < 4.78 is 5.73. The first-order valence-electron chi connectivity index (χ1n) is 8.74. The van der Waals surface area contributed by atoms with E-state index < -0.39 is 0 Å². The van der Waals surface area contributed by atoms with Crippen LogP contribution in [0.4, 0.5) is 11.4 Å². The second kappa shape index (κ2) is 8.69. The van der Waals surface area contributed by atoms with Crippen LogP contribution in [0.25, 0.3) is 0 Å². The highest BCUT2D eigenvalue weighted by atomic mass is 35.5. The number of nitrogens with zero attached hydrogens (tertiary/aromatic N) is 1. The normalized spacial score (nSPS) is 14.4. The van der Waals surface area contributed by atoms with Crippen LogP contribution in [0.1, 0.15) is 24.2 Å². The lowest BCUT2D eigenvalue weighted by atomic mass is 10.1. The molecule has 1 amide bonds. The number of amides is 1. The molecule has 1 heterocycles. The van der Waals surface area contributed by atoms with Crippen molar-refractivity contribution in [3.05, 3.63) is 53.1 Å². The minimum atomic E-state index is -0.209. The van der Waals surface area contributed by atoms with Crippen molar-refractivity contribution >= 4 is 40.6 Å². The molecule has 0 spiro atoms. The Labute approximate surface area is 163 Å². The summed E-state index contributed by atoms with van der Waals surface area (Å²) in [6.45, 7) is 5.87. The lowest BCUT2D eigenvalue weighted by Gasteiger charge is -2.29. The highest BCUT2D eigenvalue weighted by molar-refractivity contribution is 7.99.